The van der Waals surface area contributed by atoms with Crippen LogP contribution in [-0.4, -0.2) is 18.3 Å². The van der Waals surface area contributed by atoms with Crippen LogP contribution >= 0.6 is 12.4 Å². The van der Waals surface area contributed by atoms with Crippen LogP contribution in [0.2, 0.25) is 0 Å². The second-order valence-corrected chi connectivity index (χ2v) is 5.50. The van der Waals surface area contributed by atoms with Gasteiger partial charge in [-0.2, -0.15) is 0 Å². The van der Waals surface area contributed by atoms with Crippen molar-refractivity contribution in [3.8, 4) is 5.75 Å². The molecule has 0 saturated heterocycles. The van der Waals surface area contributed by atoms with E-state index in [9.17, 15) is 5.11 Å². The van der Waals surface area contributed by atoms with Gasteiger partial charge in [0.15, 0.2) is 0 Å². The molecule has 3 nitrogen and oxygen atoms in total. The quantitative estimate of drug-likeness (QED) is 0.887. The topological polar surface area (TPSA) is 55.5 Å². The Balaban J connectivity index is 0.00000289. The van der Waals surface area contributed by atoms with E-state index in [1.54, 1.807) is 7.11 Å². The molecule has 0 aliphatic carbocycles. The van der Waals surface area contributed by atoms with E-state index in [1.165, 1.54) is 0 Å². The Morgan fingerprint density at radius 2 is 1.72 bits per heavy atom. The fourth-order valence-electron chi connectivity index (χ4n) is 1.56. The number of nitrogens with two attached hydrogens (primary N) is 1. The van der Waals surface area contributed by atoms with E-state index in [0.717, 1.165) is 11.3 Å². The summed E-state index contributed by atoms with van der Waals surface area (Å²) in [6.45, 7) is 6.25. The lowest BCUT2D eigenvalue weighted by atomic mass is 9.83. The highest BCUT2D eigenvalue weighted by Gasteiger charge is 2.23. The summed E-state index contributed by atoms with van der Waals surface area (Å²) in [5.41, 5.74) is 6.95. The number of ether oxygens (including phenoxy) is 1. The fraction of sp³-hybridized carbons (Fsp3) is 0.571. The Bertz CT molecular complexity index is 346. The van der Waals surface area contributed by atoms with Crippen LogP contribution in [0.4, 0.5) is 0 Å². The monoisotopic (exact) mass is 273 g/mol. The van der Waals surface area contributed by atoms with Gasteiger partial charge in [-0.1, -0.05) is 32.9 Å². The molecule has 0 saturated carbocycles. The van der Waals surface area contributed by atoms with Crippen LogP contribution in [0.1, 0.15) is 38.9 Å². The summed E-state index contributed by atoms with van der Waals surface area (Å²) in [4.78, 5) is 0. The molecule has 1 rings (SSSR count). The van der Waals surface area contributed by atoms with Crippen LogP contribution < -0.4 is 10.5 Å². The highest BCUT2D eigenvalue weighted by atomic mass is 35.5. The highest BCUT2D eigenvalue weighted by molar-refractivity contribution is 5.85. The number of methoxy groups -OCH3 is 1. The average Bonchev–Trinajstić information content (AvgIpc) is 2.27. The molecular weight excluding hydrogens is 250 g/mol. The Morgan fingerprint density at radius 1 is 1.22 bits per heavy atom. The predicted octanol–water partition coefficient (Wildman–Crippen LogP) is 2.91. The van der Waals surface area contributed by atoms with Gasteiger partial charge in [0.25, 0.3) is 0 Å². The molecule has 104 valence electrons. The summed E-state index contributed by atoms with van der Waals surface area (Å²) in [5, 5.41) is 10.1. The molecule has 0 fully saturated rings. The first-order valence-electron chi connectivity index (χ1n) is 5.92. The van der Waals surface area contributed by atoms with Gasteiger partial charge in [-0.05, 0) is 29.5 Å². The molecule has 3 N–H and O–H groups in total. The number of hydrogen-bond donors (Lipinski definition) is 2. The van der Waals surface area contributed by atoms with Crippen LogP contribution in [0, 0.1) is 5.41 Å². The molecule has 1 aromatic rings. The van der Waals surface area contributed by atoms with Gasteiger partial charge < -0.3 is 15.6 Å². The largest absolute Gasteiger partial charge is 0.497 e. The zero-order chi connectivity index (χ0) is 13.1. The number of halogens is 1. The summed E-state index contributed by atoms with van der Waals surface area (Å²) in [6, 6.07) is 7.42. The summed E-state index contributed by atoms with van der Waals surface area (Å²) >= 11 is 0. The van der Waals surface area contributed by atoms with E-state index in [-0.39, 0.29) is 23.9 Å². The molecule has 4 heteroatoms. The minimum atomic E-state index is -0.518. The van der Waals surface area contributed by atoms with Crippen molar-refractivity contribution in [2.75, 3.05) is 7.11 Å². The molecule has 18 heavy (non-hydrogen) atoms. The van der Waals surface area contributed by atoms with E-state index in [1.807, 2.05) is 24.3 Å². The van der Waals surface area contributed by atoms with Gasteiger partial charge >= 0.3 is 0 Å². The lowest BCUT2D eigenvalue weighted by molar-refractivity contribution is 0.133. The van der Waals surface area contributed by atoms with Gasteiger partial charge in [-0.15, -0.1) is 12.4 Å². The van der Waals surface area contributed by atoms with E-state index in [4.69, 9.17) is 10.5 Å². The molecule has 1 aromatic carbocycles. The van der Waals surface area contributed by atoms with Gasteiger partial charge in [0.2, 0.25) is 0 Å². The maximum atomic E-state index is 10.1. The number of aliphatic hydroxyl groups excluding tert-OH is 1. The van der Waals surface area contributed by atoms with Crippen molar-refractivity contribution < 1.29 is 9.84 Å². The van der Waals surface area contributed by atoms with Gasteiger partial charge in [0, 0.05) is 6.04 Å². The van der Waals surface area contributed by atoms with Gasteiger partial charge in [0.05, 0.1) is 13.2 Å². The fourth-order valence-corrected chi connectivity index (χ4v) is 1.56. The third kappa shape index (κ3) is 4.84. The van der Waals surface area contributed by atoms with Crippen molar-refractivity contribution in [2.24, 2.45) is 11.1 Å². The summed E-state index contributed by atoms with van der Waals surface area (Å²) < 4.78 is 5.08. The van der Waals surface area contributed by atoms with Crippen LogP contribution in [0.15, 0.2) is 24.3 Å². The lowest BCUT2D eigenvalue weighted by Crippen LogP contribution is -2.36. The minimum absolute atomic E-state index is 0. The molecule has 0 unspecified atom stereocenters. The van der Waals surface area contributed by atoms with Crippen molar-refractivity contribution in [3.63, 3.8) is 0 Å². The third-order valence-corrected chi connectivity index (χ3v) is 3.09. The number of rotatable bonds is 4. The Morgan fingerprint density at radius 3 is 2.11 bits per heavy atom. The van der Waals surface area contributed by atoms with Crippen LogP contribution in [0.3, 0.4) is 0 Å². The molecule has 0 aliphatic heterocycles. The number of aliphatic hydroxyl groups is 1. The smallest absolute Gasteiger partial charge is 0.118 e. The van der Waals surface area contributed by atoms with Crippen LogP contribution in [0.5, 0.6) is 5.75 Å². The number of hydrogen-bond acceptors (Lipinski definition) is 3. The zero-order valence-electron chi connectivity index (χ0n) is 11.5. The maximum Gasteiger partial charge on any atom is 0.118 e. The third-order valence-electron chi connectivity index (χ3n) is 3.09. The Labute approximate surface area is 116 Å². The highest BCUT2D eigenvalue weighted by Crippen LogP contribution is 2.27. The molecular formula is C14H24ClNO2. The van der Waals surface area contributed by atoms with Crippen molar-refractivity contribution >= 4 is 12.4 Å². The SMILES string of the molecule is COc1ccc([C@H](O)C[C@H](N)C(C)(C)C)cc1.Cl. The molecule has 0 bridgehead atoms. The second-order valence-electron chi connectivity index (χ2n) is 5.50. The lowest BCUT2D eigenvalue weighted by Gasteiger charge is -2.29. The molecule has 0 aromatic heterocycles. The molecule has 0 amide bonds. The molecule has 0 spiro atoms. The van der Waals surface area contributed by atoms with E-state index < -0.39 is 6.10 Å². The van der Waals surface area contributed by atoms with Gasteiger partial charge in [-0.25, -0.2) is 0 Å². The Hall–Kier alpha value is -0.770. The van der Waals surface area contributed by atoms with Crippen molar-refractivity contribution in [1.29, 1.82) is 0 Å². The standard InChI is InChI=1S/C14H23NO2.ClH/c1-14(2,3)13(15)9-12(16)10-5-7-11(17-4)8-6-10;/h5-8,12-13,16H,9,15H2,1-4H3;1H/t12-,13+;/m1./s1. The summed E-state index contributed by atoms with van der Waals surface area (Å²) in [6.07, 6.45) is 0.0469. The first kappa shape index (κ1) is 17.2. The minimum Gasteiger partial charge on any atom is -0.497 e. The van der Waals surface area contributed by atoms with E-state index in [2.05, 4.69) is 20.8 Å². The van der Waals surface area contributed by atoms with E-state index in [0.29, 0.717) is 6.42 Å². The van der Waals surface area contributed by atoms with Crippen LogP contribution in [0.25, 0.3) is 0 Å². The van der Waals surface area contributed by atoms with E-state index >= 15 is 0 Å². The van der Waals surface area contributed by atoms with Crippen LogP contribution in [-0.2, 0) is 0 Å². The summed E-state index contributed by atoms with van der Waals surface area (Å²) in [5.74, 6) is 0.793. The van der Waals surface area contributed by atoms with Crippen molar-refractivity contribution in [2.45, 2.75) is 39.3 Å². The Kier molecular flexibility index (Phi) is 6.68. The zero-order valence-corrected chi connectivity index (χ0v) is 12.3. The molecule has 0 radical (unpaired) electrons. The van der Waals surface area contributed by atoms with Gasteiger partial charge in [-0.3, -0.25) is 0 Å². The van der Waals surface area contributed by atoms with Crippen molar-refractivity contribution in [1.82, 2.24) is 0 Å². The normalized spacial score (nSPS) is 14.6. The first-order valence-corrected chi connectivity index (χ1v) is 5.92. The average molecular weight is 274 g/mol. The first-order chi connectivity index (χ1) is 7.84. The molecule has 0 aliphatic rings. The van der Waals surface area contributed by atoms with Gasteiger partial charge in [0.1, 0.15) is 5.75 Å². The van der Waals surface area contributed by atoms with Crippen molar-refractivity contribution in [3.05, 3.63) is 29.8 Å². The molecule has 2 atom stereocenters. The second kappa shape index (κ2) is 6.98. The molecule has 0 heterocycles. The number of benzene rings is 1. The maximum absolute atomic E-state index is 10.1. The predicted molar refractivity (Wildman–Crippen MR) is 77.2 cm³/mol. The summed E-state index contributed by atoms with van der Waals surface area (Å²) in [7, 11) is 1.63.